The maximum absolute atomic E-state index is 12.5. The van der Waals surface area contributed by atoms with Crippen LogP contribution in [0.25, 0.3) is 0 Å². The van der Waals surface area contributed by atoms with E-state index in [9.17, 15) is 9.90 Å². The lowest BCUT2D eigenvalue weighted by Gasteiger charge is -2.27. The summed E-state index contributed by atoms with van der Waals surface area (Å²) in [6.45, 7) is 3.75. The van der Waals surface area contributed by atoms with Crippen molar-refractivity contribution < 1.29 is 19.4 Å². The lowest BCUT2D eigenvalue weighted by Crippen LogP contribution is -2.29. The molecule has 0 aliphatic carbocycles. The second-order valence-corrected chi connectivity index (χ2v) is 5.17. The van der Waals surface area contributed by atoms with Gasteiger partial charge < -0.3 is 19.9 Å². The Labute approximate surface area is 137 Å². The van der Waals surface area contributed by atoms with Gasteiger partial charge in [0.2, 0.25) is 5.95 Å². The Morgan fingerprint density at radius 1 is 1.46 bits per heavy atom. The van der Waals surface area contributed by atoms with Gasteiger partial charge in [0.25, 0.3) is 0 Å². The first-order chi connectivity index (χ1) is 11.6. The van der Waals surface area contributed by atoms with Crippen LogP contribution < -0.4 is 10.1 Å². The number of nitrogens with zero attached hydrogens (tertiary/aromatic N) is 4. The number of phenolic OH excluding ortho intramolecular Hbond substituents is 1. The van der Waals surface area contributed by atoms with Gasteiger partial charge >= 0.3 is 5.97 Å². The number of aromatic nitrogens is 4. The summed E-state index contributed by atoms with van der Waals surface area (Å²) in [4.78, 5) is 12.5. The number of hydrogen-bond donors (Lipinski definition) is 2. The number of nitrogens with one attached hydrogen (secondary N) is 1. The summed E-state index contributed by atoms with van der Waals surface area (Å²) in [7, 11) is 1.46. The number of methoxy groups -OCH3 is 1. The van der Waals surface area contributed by atoms with Crippen molar-refractivity contribution in [3.05, 3.63) is 35.0 Å². The van der Waals surface area contributed by atoms with Crippen LogP contribution in [0.3, 0.4) is 0 Å². The highest BCUT2D eigenvalue weighted by Gasteiger charge is 2.35. The summed E-state index contributed by atoms with van der Waals surface area (Å²) >= 11 is 0. The highest BCUT2D eigenvalue weighted by Crippen LogP contribution is 2.38. The number of carbonyl (C=O) groups is 1. The number of fused-ring (bicyclic) bond motifs is 1. The maximum Gasteiger partial charge on any atom is 0.338 e. The highest BCUT2D eigenvalue weighted by molar-refractivity contribution is 5.92. The standard InChI is InChI=1S/C15H17N5O4/c1-4-24-14(22)12-8(2)16-15-17-18-19-20(15)13(12)9-5-6-10(21)11(7-9)23-3/h5-7,13,21H,4H2,1-3H3,(H,16,17,19). The SMILES string of the molecule is CCOC(=O)C1=C(C)Nc2nnnn2C1c1ccc(O)c(OC)c1. The number of tetrazole rings is 1. The predicted octanol–water partition coefficient (Wildman–Crippen LogP) is 1.24. The van der Waals surface area contributed by atoms with Gasteiger partial charge in [0.05, 0.1) is 19.3 Å². The maximum atomic E-state index is 12.5. The molecule has 1 aromatic heterocycles. The largest absolute Gasteiger partial charge is 0.504 e. The molecule has 0 spiro atoms. The Hall–Kier alpha value is -3.10. The molecule has 24 heavy (non-hydrogen) atoms. The lowest BCUT2D eigenvalue weighted by atomic mass is 9.95. The van der Waals surface area contributed by atoms with E-state index >= 15 is 0 Å². The Balaban J connectivity index is 2.16. The molecule has 2 heterocycles. The molecule has 2 N–H and O–H groups in total. The smallest absolute Gasteiger partial charge is 0.338 e. The van der Waals surface area contributed by atoms with Crippen LogP contribution in [0.1, 0.15) is 25.5 Å². The van der Waals surface area contributed by atoms with Gasteiger partial charge in [0.1, 0.15) is 6.04 Å². The lowest BCUT2D eigenvalue weighted by molar-refractivity contribution is -0.139. The third kappa shape index (κ3) is 2.53. The molecule has 0 fully saturated rings. The van der Waals surface area contributed by atoms with Crippen molar-refractivity contribution in [3.63, 3.8) is 0 Å². The molecule has 0 bridgehead atoms. The van der Waals surface area contributed by atoms with Crippen LogP contribution in [0.4, 0.5) is 5.95 Å². The summed E-state index contributed by atoms with van der Waals surface area (Å²) in [6.07, 6.45) is 0. The molecular weight excluding hydrogens is 314 g/mol. The number of aromatic hydroxyl groups is 1. The van der Waals surface area contributed by atoms with Crippen LogP contribution in [-0.2, 0) is 9.53 Å². The molecule has 0 saturated carbocycles. The number of carbonyl (C=O) groups excluding carboxylic acids is 1. The average molecular weight is 331 g/mol. The molecular formula is C15H17N5O4. The van der Waals surface area contributed by atoms with Crippen molar-refractivity contribution >= 4 is 11.9 Å². The van der Waals surface area contributed by atoms with E-state index in [4.69, 9.17) is 9.47 Å². The number of benzene rings is 1. The molecule has 2 aromatic rings. The van der Waals surface area contributed by atoms with E-state index in [1.807, 2.05) is 0 Å². The Kier molecular flexibility index (Phi) is 4.07. The van der Waals surface area contributed by atoms with Gasteiger partial charge in [-0.25, -0.2) is 4.79 Å². The highest BCUT2D eigenvalue weighted by atomic mass is 16.5. The molecule has 1 aromatic carbocycles. The number of allylic oxidation sites excluding steroid dienone is 1. The van der Waals surface area contributed by atoms with Gasteiger partial charge in [-0.1, -0.05) is 11.2 Å². The van der Waals surface area contributed by atoms with E-state index in [2.05, 4.69) is 20.8 Å². The van der Waals surface area contributed by atoms with Crippen molar-refractivity contribution in [2.24, 2.45) is 0 Å². The van der Waals surface area contributed by atoms with E-state index in [-0.39, 0.29) is 12.4 Å². The zero-order valence-electron chi connectivity index (χ0n) is 13.5. The van der Waals surface area contributed by atoms with Gasteiger partial charge in [-0.05, 0) is 42.0 Å². The zero-order chi connectivity index (χ0) is 17.3. The van der Waals surface area contributed by atoms with Crippen molar-refractivity contribution in [1.82, 2.24) is 20.2 Å². The fourth-order valence-electron chi connectivity index (χ4n) is 2.66. The van der Waals surface area contributed by atoms with Gasteiger partial charge in [0, 0.05) is 5.70 Å². The molecule has 1 unspecified atom stereocenters. The van der Waals surface area contributed by atoms with Crippen LogP contribution in [0, 0.1) is 0 Å². The van der Waals surface area contributed by atoms with E-state index < -0.39 is 12.0 Å². The van der Waals surface area contributed by atoms with Crippen LogP contribution in [-0.4, -0.2) is 45.0 Å². The number of phenols is 1. The average Bonchev–Trinajstić information content (AvgIpc) is 3.02. The third-order valence-electron chi connectivity index (χ3n) is 3.73. The first-order valence-corrected chi connectivity index (χ1v) is 7.36. The normalized spacial score (nSPS) is 16.4. The minimum Gasteiger partial charge on any atom is -0.504 e. The second-order valence-electron chi connectivity index (χ2n) is 5.17. The first-order valence-electron chi connectivity index (χ1n) is 7.36. The molecule has 0 radical (unpaired) electrons. The Morgan fingerprint density at radius 2 is 2.25 bits per heavy atom. The van der Waals surface area contributed by atoms with Gasteiger partial charge in [-0.3, -0.25) is 0 Å². The van der Waals surface area contributed by atoms with Crippen LogP contribution >= 0.6 is 0 Å². The molecule has 0 amide bonds. The molecule has 9 nitrogen and oxygen atoms in total. The monoisotopic (exact) mass is 331 g/mol. The fraction of sp³-hybridized carbons (Fsp3) is 0.333. The van der Waals surface area contributed by atoms with E-state index in [1.54, 1.807) is 26.0 Å². The number of esters is 1. The van der Waals surface area contributed by atoms with Crippen LogP contribution in [0.5, 0.6) is 11.5 Å². The number of hydrogen-bond acceptors (Lipinski definition) is 8. The number of anilines is 1. The molecule has 1 aliphatic heterocycles. The fourth-order valence-corrected chi connectivity index (χ4v) is 2.66. The van der Waals surface area contributed by atoms with E-state index in [1.165, 1.54) is 17.9 Å². The van der Waals surface area contributed by atoms with E-state index in [0.29, 0.717) is 28.5 Å². The summed E-state index contributed by atoms with van der Waals surface area (Å²) in [5, 5.41) is 24.3. The van der Waals surface area contributed by atoms with Gasteiger partial charge in [-0.2, -0.15) is 4.68 Å². The van der Waals surface area contributed by atoms with Crippen molar-refractivity contribution in [2.45, 2.75) is 19.9 Å². The van der Waals surface area contributed by atoms with E-state index in [0.717, 1.165) is 0 Å². The first kappa shape index (κ1) is 15.8. The molecule has 126 valence electrons. The molecule has 3 rings (SSSR count). The summed E-state index contributed by atoms with van der Waals surface area (Å²) in [5.74, 6) is 0.255. The number of rotatable bonds is 4. The van der Waals surface area contributed by atoms with Gasteiger partial charge in [0.15, 0.2) is 11.5 Å². The molecule has 1 atom stereocenters. The zero-order valence-corrected chi connectivity index (χ0v) is 13.5. The molecule has 9 heteroatoms. The van der Waals surface area contributed by atoms with Crippen molar-refractivity contribution in [1.29, 1.82) is 0 Å². The number of ether oxygens (including phenoxy) is 2. The quantitative estimate of drug-likeness (QED) is 0.805. The third-order valence-corrected chi connectivity index (χ3v) is 3.73. The van der Waals surface area contributed by atoms with Crippen LogP contribution in [0.2, 0.25) is 0 Å². The van der Waals surface area contributed by atoms with Gasteiger partial charge in [-0.15, -0.1) is 0 Å². The summed E-state index contributed by atoms with van der Waals surface area (Å²) in [6, 6.07) is 4.23. The topological polar surface area (TPSA) is 111 Å². The predicted molar refractivity (Wildman–Crippen MR) is 83.6 cm³/mol. The second kappa shape index (κ2) is 6.19. The molecule has 0 saturated heterocycles. The summed E-state index contributed by atoms with van der Waals surface area (Å²) < 4.78 is 11.8. The minimum atomic E-state index is -0.593. The molecule has 1 aliphatic rings. The van der Waals surface area contributed by atoms with Crippen molar-refractivity contribution in [2.75, 3.05) is 19.0 Å². The van der Waals surface area contributed by atoms with Crippen LogP contribution in [0.15, 0.2) is 29.5 Å². The Bertz CT molecular complexity index is 814. The van der Waals surface area contributed by atoms with Crippen molar-refractivity contribution in [3.8, 4) is 11.5 Å². The minimum absolute atomic E-state index is 0.00510. The Morgan fingerprint density at radius 3 is 2.96 bits per heavy atom. The summed E-state index contributed by atoms with van der Waals surface area (Å²) in [5.41, 5.74) is 1.68.